The lowest BCUT2D eigenvalue weighted by Gasteiger charge is -2.04. The van der Waals surface area contributed by atoms with Gasteiger partial charge < -0.3 is 4.74 Å². The van der Waals surface area contributed by atoms with E-state index in [0.717, 1.165) is 6.07 Å². The summed E-state index contributed by atoms with van der Waals surface area (Å²) >= 11 is 0. The molecule has 0 N–H and O–H groups in total. The number of allylic oxidation sites excluding steroid dienone is 4. The third-order valence-electron chi connectivity index (χ3n) is 2.31. The second-order valence-corrected chi connectivity index (χ2v) is 3.67. The number of hydrogen-bond donors (Lipinski definition) is 0. The lowest BCUT2D eigenvalue weighted by Crippen LogP contribution is -1.92. The summed E-state index contributed by atoms with van der Waals surface area (Å²) in [7, 11) is 0. The number of hydrogen-bond acceptors (Lipinski definition) is 3. The molecule has 0 unspecified atom stereocenters. The molecule has 0 heterocycles. The van der Waals surface area contributed by atoms with Crippen molar-refractivity contribution < 1.29 is 13.9 Å². The molecule has 0 radical (unpaired) electrons. The third-order valence-corrected chi connectivity index (χ3v) is 2.31. The van der Waals surface area contributed by atoms with Gasteiger partial charge in [0.25, 0.3) is 6.47 Å². The average molecular weight is 245 g/mol. The molecule has 0 aliphatic heterocycles. The molecular formula is C14H12FNO2. The first-order chi connectivity index (χ1) is 8.58. The Kier molecular flexibility index (Phi) is 4.82. The Morgan fingerprint density at radius 3 is 2.67 bits per heavy atom. The Hall–Kier alpha value is -2.41. The van der Waals surface area contributed by atoms with E-state index in [-0.39, 0.29) is 12.2 Å². The Bertz CT molecular complexity index is 553. The van der Waals surface area contributed by atoms with E-state index in [9.17, 15) is 9.18 Å². The zero-order valence-corrected chi connectivity index (χ0v) is 10.1. The van der Waals surface area contributed by atoms with Gasteiger partial charge >= 0.3 is 0 Å². The summed E-state index contributed by atoms with van der Waals surface area (Å²) in [6.07, 6.45) is 3.28. The molecule has 0 aromatic heterocycles. The molecule has 18 heavy (non-hydrogen) atoms. The summed E-state index contributed by atoms with van der Waals surface area (Å²) in [6, 6.07) is 6.15. The standard InChI is InChI=1S/C14H12FNO2/c1-10(8-16)3-4-11(2)13-6-5-12(18-9-17)7-14(13)15/h3-7,9H,1-2H3/b10-3+,11-4+. The SMILES string of the molecule is C/C(C#N)=C\C=C(/C)c1ccc(OC=O)cc1F. The zero-order chi connectivity index (χ0) is 13.5. The second kappa shape index (κ2) is 6.36. The molecule has 1 aromatic carbocycles. The summed E-state index contributed by atoms with van der Waals surface area (Å²) in [6.45, 7) is 3.65. The van der Waals surface area contributed by atoms with Crippen LogP contribution in [0.25, 0.3) is 5.57 Å². The van der Waals surface area contributed by atoms with Gasteiger partial charge in [-0.2, -0.15) is 5.26 Å². The summed E-state index contributed by atoms with van der Waals surface area (Å²) < 4.78 is 18.2. The van der Waals surface area contributed by atoms with Crippen LogP contribution < -0.4 is 4.74 Å². The van der Waals surface area contributed by atoms with Crippen molar-refractivity contribution in [2.45, 2.75) is 13.8 Å². The fourth-order valence-corrected chi connectivity index (χ4v) is 1.32. The number of carbonyl (C=O) groups excluding carboxylic acids is 1. The lowest BCUT2D eigenvalue weighted by atomic mass is 10.1. The molecule has 0 atom stereocenters. The van der Waals surface area contributed by atoms with Gasteiger partial charge in [0.05, 0.1) is 6.07 Å². The van der Waals surface area contributed by atoms with Gasteiger partial charge in [0.2, 0.25) is 0 Å². The molecule has 0 saturated heterocycles. The minimum atomic E-state index is -0.480. The largest absolute Gasteiger partial charge is 0.429 e. The number of nitriles is 1. The van der Waals surface area contributed by atoms with Crippen molar-refractivity contribution in [3.8, 4) is 11.8 Å². The molecular weight excluding hydrogens is 233 g/mol. The van der Waals surface area contributed by atoms with Crippen LogP contribution in [0.15, 0.2) is 35.9 Å². The number of benzene rings is 1. The van der Waals surface area contributed by atoms with Gasteiger partial charge in [-0.15, -0.1) is 0 Å². The molecule has 0 spiro atoms. The molecule has 0 aliphatic carbocycles. The van der Waals surface area contributed by atoms with E-state index in [1.807, 2.05) is 6.07 Å². The van der Waals surface area contributed by atoms with Gasteiger partial charge in [0.15, 0.2) is 0 Å². The molecule has 0 bridgehead atoms. The number of nitrogens with zero attached hydrogens (tertiary/aromatic N) is 1. The Morgan fingerprint density at radius 2 is 2.11 bits per heavy atom. The maximum Gasteiger partial charge on any atom is 0.298 e. The van der Waals surface area contributed by atoms with Crippen molar-refractivity contribution in [2.24, 2.45) is 0 Å². The summed E-state index contributed by atoms with van der Waals surface area (Å²) in [4.78, 5) is 10.1. The van der Waals surface area contributed by atoms with E-state index in [4.69, 9.17) is 5.26 Å². The lowest BCUT2D eigenvalue weighted by molar-refractivity contribution is -0.120. The molecule has 0 fully saturated rings. The topological polar surface area (TPSA) is 50.1 Å². The van der Waals surface area contributed by atoms with Crippen LogP contribution >= 0.6 is 0 Å². The van der Waals surface area contributed by atoms with Crippen LogP contribution in [-0.4, -0.2) is 6.47 Å². The van der Waals surface area contributed by atoms with Crippen molar-refractivity contribution in [3.05, 3.63) is 47.3 Å². The predicted octanol–water partition coefficient (Wildman–Crippen LogP) is 3.23. The van der Waals surface area contributed by atoms with Gasteiger partial charge in [-0.1, -0.05) is 6.08 Å². The highest BCUT2D eigenvalue weighted by Gasteiger charge is 2.05. The zero-order valence-electron chi connectivity index (χ0n) is 10.1. The van der Waals surface area contributed by atoms with Gasteiger partial charge in [-0.3, -0.25) is 4.79 Å². The van der Waals surface area contributed by atoms with Gasteiger partial charge in [-0.25, -0.2) is 4.39 Å². The quantitative estimate of drug-likeness (QED) is 0.465. The number of halogens is 1. The van der Waals surface area contributed by atoms with Gasteiger partial charge in [-0.05, 0) is 37.6 Å². The van der Waals surface area contributed by atoms with Gasteiger partial charge in [0.1, 0.15) is 11.6 Å². The number of ether oxygens (including phenoxy) is 1. The highest BCUT2D eigenvalue weighted by atomic mass is 19.1. The van der Waals surface area contributed by atoms with Crippen LogP contribution in [0.3, 0.4) is 0 Å². The van der Waals surface area contributed by atoms with Crippen LogP contribution in [0.1, 0.15) is 19.4 Å². The van der Waals surface area contributed by atoms with Crippen LogP contribution in [0.4, 0.5) is 4.39 Å². The van der Waals surface area contributed by atoms with Crippen molar-refractivity contribution in [1.82, 2.24) is 0 Å². The van der Waals surface area contributed by atoms with E-state index >= 15 is 0 Å². The van der Waals surface area contributed by atoms with Gasteiger partial charge in [0, 0.05) is 17.2 Å². The smallest absolute Gasteiger partial charge is 0.298 e. The normalized spacial score (nSPS) is 11.9. The van der Waals surface area contributed by atoms with Crippen molar-refractivity contribution in [1.29, 1.82) is 5.26 Å². The fraction of sp³-hybridized carbons (Fsp3) is 0.143. The Morgan fingerprint density at radius 1 is 1.39 bits per heavy atom. The Balaban J connectivity index is 3.04. The molecule has 0 aliphatic rings. The summed E-state index contributed by atoms with van der Waals surface area (Å²) in [5.74, 6) is -0.325. The maximum atomic E-state index is 13.7. The second-order valence-electron chi connectivity index (χ2n) is 3.67. The average Bonchev–Trinajstić information content (AvgIpc) is 2.36. The highest BCUT2D eigenvalue weighted by Crippen LogP contribution is 2.22. The summed E-state index contributed by atoms with van der Waals surface area (Å²) in [5, 5.41) is 8.60. The Labute approximate surface area is 105 Å². The molecule has 1 aromatic rings. The van der Waals surface area contributed by atoms with Crippen LogP contribution in [0.2, 0.25) is 0 Å². The molecule has 0 amide bonds. The number of carbonyl (C=O) groups is 1. The predicted molar refractivity (Wildman–Crippen MR) is 66.1 cm³/mol. The maximum absolute atomic E-state index is 13.7. The van der Waals surface area contributed by atoms with E-state index in [1.165, 1.54) is 12.1 Å². The van der Waals surface area contributed by atoms with E-state index in [1.54, 1.807) is 26.0 Å². The van der Waals surface area contributed by atoms with Crippen molar-refractivity contribution >= 4 is 12.0 Å². The van der Waals surface area contributed by atoms with Crippen molar-refractivity contribution in [3.63, 3.8) is 0 Å². The first-order valence-electron chi connectivity index (χ1n) is 5.24. The molecule has 1 rings (SSSR count). The van der Waals surface area contributed by atoms with E-state index in [2.05, 4.69) is 4.74 Å². The third kappa shape index (κ3) is 3.56. The minimum absolute atomic E-state index is 0.155. The van der Waals surface area contributed by atoms with Crippen molar-refractivity contribution in [2.75, 3.05) is 0 Å². The molecule has 0 saturated carbocycles. The van der Waals surface area contributed by atoms with Crippen LogP contribution in [-0.2, 0) is 4.79 Å². The minimum Gasteiger partial charge on any atom is -0.429 e. The molecule has 92 valence electrons. The highest BCUT2D eigenvalue weighted by molar-refractivity contribution is 5.66. The summed E-state index contributed by atoms with van der Waals surface area (Å²) in [5.41, 5.74) is 1.62. The fourth-order valence-electron chi connectivity index (χ4n) is 1.32. The molecule has 3 nitrogen and oxygen atoms in total. The first-order valence-corrected chi connectivity index (χ1v) is 5.24. The molecule has 4 heteroatoms. The first kappa shape index (κ1) is 13.7. The van der Waals surface area contributed by atoms with E-state index < -0.39 is 5.82 Å². The monoisotopic (exact) mass is 245 g/mol. The number of rotatable bonds is 4. The van der Waals surface area contributed by atoms with Crippen LogP contribution in [0, 0.1) is 17.1 Å². The van der Waals surface area contributed by atoms with Crippen LogP contribution in [0.5, 0.6) is 5.75 Å². The van der Waals surface area contributed by atoms with E-state index in [0.29, 0.717) is 16.7 Å².